The van der Waals surface area contributed by atoms with Gasteiger partial charge in [-0.15, -0.1) is 0 Å². The molecule has 0 saturated carbocycles. The molecule has 2 aromatic rings. The molecule has 0 aliphatic rings. The average molecular weight is 309 g/mol. The van der Waals surface area contributed by atoms with E-state index in [-0.39, 0.29) is 10.6 Å². The smallest absolute Gasteiger partial charge is 0.352 e. The normalized spacial score (nSPS) is 11.3. The first kappa shape index (κ1) is 15.0. The molecular formula is C13H15N3O4S. The summed E-state index contributed by atoms with van der Waals surface area (Å²) in [4.78, 5) is 14.9. The summed E-state index contributed by atoms with van der Waals surface area (Å²) < 4.78 is 27.5. The summed E-state index contributed by atoms with van der Waals surface area (Å²) in [6, 6.07) is 4.29. The summed E-state index contributed by atoms with van der Waals surface area (Å²) in [5.74, 6) is -1.16. The Bertz CT molecular complexity index is 753. The monoisotopic (exact) mass is 309 g/mol. The van der Waals surface area contributed by atoms with Crippen LogP contribution in [0.4, 0.5) is 5.69 Å². The molecule has 0 spiro atoms. The van der Waals surface area contributed by atoms with E-state index in [1.807, 2.05) is 0 Å². The fourth-order valence-corrected chi connectivity index (χ4v) is 3.15. The van der Waals surface area contributed by atoms with E-state index in [0.717, 1.165) is 4.31 Å². The number of pyridine rings is 1. The molecular weight excluding hydrogens is 294 g/mol. The number of nitrogens with zero attached hydrogens (tertiary/aromatic N) is 3. The number of carboxylic acids is 1. The van der Waals surface area contributed by atoms with Crippen LogP contribution in [0.25, 0.3) is 0 Å². The van der Waals surface area contributed by atoms with Crippen LogP contribution in [0.15, 0.2) is 41.7 Å². The fraction of sp³-hybridized carbons (Fsp3) is 0.231. The van der Waals surface area contributed by atoms with Gasteiger partial charge < -0.3 is 9.67 Å². The van der Waals surface area contributed by atoms with Gasteiger partial charge in [-0.1, -0.05) is 0 Å². The van der Waals surface area contributed by atoms with E-state index in [0.29, 0.717) is 12.2 Å². The molecule has 7 nitrogen and oxygen atoms in total. The number of hydrogen-bond acceptors (Lipinski definition) is 4. The molecule has 2 rings (SSSR count). The highest BCUT2D eigenvalue weighted by Crippen LogP contribution is 2.23. The van der Waals surface area contributed by atoms with Gasteiger partial charge in [-0.25, -0.2) is 13.2 Å². The molecule has 8 heteroatoms. The lowest BCUT2D eigenvalue weighted by Gasteiger charge is -2.18. The minimum Gasteiger partial charge on any atom is -0.477 e. The van der Waals surface area contributed by atoms with Crippen LogP contribution in [0.3, 0.4) is 0 Å². The number of hydrogen-bond donors (Lipinski definition) is 1. The molecule has 0 unspecified atom stereocenters. The highest BCUT2D eigenvalue weighted by molar-refractivity contribution is 7.92. The first-order valence-corrected chi connectivity index (χ1v) is 7.64. The number of aryl methyl sites for hydroxylation is 1. The molecule has 0 aromatic carbocycles. The summed E-state index contributed by atoms with van der Waals surface area (Å²) in [6.45, 7) is 2.12. The Morgan fingerprint density at radius 2 is 2.00 bits per heavy atom. The van der Waals surface area contributed by atoms with Gasteiger partial charge in [0.15, 0.2) is 0 Å². The highest BCUT2D eigenvalue weighted by atomic mass is 32.2. The summed E-state index contributed by atoms with van der Waals surface area (Å²) in [6.07, 6.45) is 4.30. The van der Waals surface area contributed by atoms with Gasteiger partial charge in [0.2, 0.25) is 0 Å². The number of sulfonamides is 1. The molecule has 0 atom stereocenters. The molecule has 0 aliphatic heterocycles. The number of rotatable bonds is 5. The SMILES string of the molecule is CCn1cc(S(=O)(=O)N(C)c2ccncc2)cc1C(=O)O. The molecule has 0 bridgehead atoms. The lowest BCUT2D eigenvalue weighted by molar-refractivity contribution is 0.0685. The topological polar surface area (TPSA) is 92.5 Å². The second-order valence-corrected chi connectivity index (χ2v) is 6.30. The lowest BCUT2D eigenvalue weighted by atomic mass is 10.4. The number of carboxylic acid groups (broad SMARTS) is 1. The van der Waals surface area contributed by atoms with Crippen molar-refractivity contribution in [3.63, 3.8) is 0 Å². The van der Waals surface area contributed by atoms with Crippen molar-refractivity contribution in [2.75, 3.05) is 11.4 Å². The van der Waals surface area contributed by atoms with E-state index in [9.17, 15) is 13.2 Å². The van der Waals surface area contributed by atoms with E-state index >= 15 is 0 Å². The zero-order valence-corrected chi connectivity index (χ0v) is 12.4. The highest BCUT2D eigenvalue weighted by Gasteiger charge is 2.25. The van der Waals surface area contributed by atoms with Crippen LogP contribution in [0.5, 0.6) is 0 Å². The predicted molar refractivity (Wildman–Crippen MR) is 76.9 cm³/mol. The van der Waals surface area contributed by atoms with Crippen LogP contribution in [0, 0.1) is 0 Å². The molecule has 0 saturated heterocycles. The van der Waals surface area contributed by atoms with Gasteiger partial charge >= 0.3 is 5.97 Å². The third-order valence-electron chi connectivity index (χ3n) is 3.12. The van der Waals surface area contributed by atoms with Crippen molar-refractivity contribution in [2.45, 2.75) is 18.4 Å². The van der Waals surface area contributed by atoms with Gasteiger partial charge in [-0.3, -0.25) is 9.29 Å². The second-order valence-electron chi connectivity index (χ2n) is 4.33. The first-order chi connectivity index (χ1) is 9.87. The Kier molecular flexibility index (Phi) is 3.99. The maximum absolute atomic E-state index is 12.5. The van der Waals surface area contributed by atoms with Crippen molar-refractivity contribution >= 4 is 21.7 Å². The molecule has 2 heterocycles. The Hall–Kier alpha value is -2.35. The molecule has 0 radical (unpaired) electrons. The summed E-state index contributed by atoms with van der Waals surface area (Å²) in [7, 11) is -2.40. The van der Waals surface area contributed by atoms with Gasteiger partial charge in [-0.05, 0) is 25.1 Å². The first-order valence-electron chi connectivity index (χ1n) is 6.20. The molecule has 1 N–H and O–H groups in total. The third-order valence-corrected chi connectivity index (χ3v) is 4.87. The largest absolute Gasteiger partial charge is 0.477 e. The van der Waals surface area contributed by atoms with Crippen molar-refractivity contribution in [2.24, 2.45) is 0 Å². The lowest BCUT2D eigenvalue weighted by Crippen LogP contribution is -2.26. The molecule has 0 amide bonds. The van der Waals surface area contributed by atoms with Gasteiger partial charge in [-0.2, -0.15) is 0 Å². The van der Waals surface area contributed by atoms with Gasteiger partial charge in [0.1, 0.15) is 10.6 Å². The van der Waals surface area contributed by atoms with Crippen molar-refractivity contribution in [1.82, 2.24) is 9.55 Å². The number of aromatic carboxylic acids is 1. The van der Waals surface area contributed by atoms with Crippen LogP contribution in [-0.2, 0) is 16.6 Å². The minimum absolute atomic E-state index is 0.0546. The zero-order valence-electron chi connectivity index (χ0n) is 11.6. The van der Waals surface area contributed by atoms with E-state index < -0.39 is 16.0 Å². The molecule has 2 aromatic heterocycles. The maximum Gasteiger partial charge on any atom is 0.352 e. The Balaban J connectivity index is 2.47. The van der Waals surface area contributed by atoms with Crippen LogP contribution in [0.2, 0.25) is 0 Å². The van der Waals surface area contributed by atoms with E-state index in [1.165, 1.54) is 36.3 Å². The zero-order chi connectivity index (χ0) is 15.6. The molecule has 21 heavy (non-hydrogen) atoms. The predicted octanol–water partition coefficient (Wildman–Crippen LogP) is 1.43. The van der Waals surface area contributed by atoms with Gasteiger partial charge in [0.05, 0.1) is 5.69 Å². The summed E-state index contributed by atoms with van der Waals surface area (Å²) >= 11 is 0. The number of carbonyl (C=O) groups is 1. The summed E-state index contributed by atoms with van der Waals surface area (Å²) in [5, 5.41) is 9.09. The maximum atomic E-state index is 12.5. The fourth-order valence-electron chi connectivity index (χ4n) is 1.92. The summed E-state index contributed by atoms with van der Waals surface area (Å²) in [5.41, 5.74) is 0.394. The van der Waals surface area contributed by atoms with E-state index in [4.69, 9.17) is 5.11 Å². The molecule has 0 fully saturated rings. The standard InChI is InChI=1S/C13H15N3O4S/c1-3-16-9-11(8-12(16)13(17)18)21(19,20)15(2)10-4-6-14-7-5-10/h4-9H,3H2,1-2H3,(H,17,18). The quantitative estimate of drug-likeness (QED) is 0.902. The average Bonchev–Trinajstić information content (AvgIpc) is 2.92. The number of aromatic nitrogens is 2. The van der Waals surface area contributed by atoms with Gasteiger partial charge in [0.25, 0.3) is 10.0 Å². The number of anilines is 1. The molecule has 112 valence electrons. The molecule has 0 aliphatic carbocycles. The van der Waals surface area contributed by atoms with Crippen molar-refractivity contribution < 1.29 is 18.3 Å². The minimum atomic E-state index is -3.82. The van der Waals surface area contributed by atoms with Crippen molar-refractivity contribution in [1.29, 1.82) is 0 Å². The van der Waals surface area contributed by atoms with Crippen molar-refractivity contribution in [3.8, 4) is 0 Å². The van der Waals surface area contributed by atoms with Crippen LogP contribution >= 0.6 is 0 Å². The van der Waals surface area contributed by atoms with E-state index in [1.54, 1.807) is 19.1 Å². The van der Waals surface area contributed by atoms with Crippen LogP contribution in [-0.4, -0.2) is 36.1 Å². The third kappa shape index (κ3) is 2.75. The van der Waals surface area contributed by atoms with E-state index in [2.05, 4.69) is 4.98 Å². The Labute approximate surface area is 122 Å². The Morgan fingerprint density at radius 1 is 1.38 bits per heavy atom. The van der Waals surface area contributed by atoms with Crippen LogP contribution in [0.1, 0.15) is 17.4 Å². The Morgan fingerprint density at radius 3 is 2.48 bits per heavy atom. The van der Waals surface area contributed by atoms with Crippen LogP contribution < -0.4 is 4.31 Å². The van der Waals surface area contributed by atoms with Gasteiger partial charge in [0, 0.05) is 32.2 Å². The van der Waals surface area contributed by atoms with Crippen molar-refractivity contribution in [3.05, 3.63) is 42.5 Å². The second kappa shape index (κ2) is 5.57.